The van der Waals surface area contributed by atoms with Crippen molar-refractivity contribution in [2.75, 3.05) is 13.2 Å². The SMILES string of the molecule is CCOc1cc(/C=C/c2ccncc2)ccc1OC(=O)CCCN1C(=O)c2ccccc2C1=O. The van der Waals surface area contributed by atoms with E-state index in [1.807, 2.05) is 43.3 Å². The van der Waals surface area contributed by atoms with Crippen molar-refractivity contribution >= 4 is 29.9 Å². The molecule has 0 radical (unpaired) electrons. The number of rotatable bonds is 9. The molecule has 3 aromatic rings. The van der Waals surface area contributed by atoms with Crippen LogP contribution in [0.2, 0.25) is 0 Å². The topological polar surface area (TPSA) is 85.8 Å². The van der Waals surface area contributed by atoms with Crippen LogP contribution >= 0.6 is 0 Å². The maximum absolute atomic E-state index is 12.4. The summed E-state index contributed by atoms with van der Waals surface area (Å²) < 4.78 is 11.2. The zero-order valence-corrected chi connectivity index (χ0v) is 18.8. The quantitative estimate of drug-likeness (QED) is 0.265. The van der Waals surface area contributed by atoms with Crippen LogP contribution in [0.3, 0.4) is 0 Å². The largest absolute Gasteiger partial charge is 0.490 e. The van der Waals surface area contributed by atoms with Crippen molar-refractivity contribution in [1.82, 2.24) is 9.88 Å². The summed E-state index contributed by atoms with van der Waals surface area (Å²) in [6, 6.07) is 15.9. The number of pyridine rings is 1. The van der Waals surface area contributed by atoms with Gasteiger partial charge in [0.1, 0.15) is 0 Å². The van der Waals surface area contributed by atoms with Gasteiger partial charge in [0.15, 0.2) is 11.5 Å². The second kappa shape index (κ2) is 10.6. The standard InChI is InChI=1S/C27H24N2O5/c1-2-33-24-18-20(10-9-19-13-15-28-16-14-19)11-12-23(24)34-25(30)8-5-17-29-26(31)21-6-3-4-7-22(21)27(29)32/h3-4,6-7,9-16,18H,2,5,8,17H2,1H3/b10-9+. The van der Waals surface area contributed by atoms with Crippen LogP contribution in [0, 0.1) is 0 Å². The summed E-state index contributed by atoms with van der Waals surface area (Å²) in [7, 11) is 0. The molecule has 2 aromatic carbocycles. The minimum Gasteiger partial charge on any atom is -0.490 e. The molecule has 34 heavy (non-hydrogen) atoms. The highest BCUT2D eigenvalue weighted by molar-refractivity contribution is 6.21. The Bertz CT molecular complexity index is 1200. The van der Waals surface area contributed by atoms with Crippen LogP contribution in [-0.4, -0.2) is 40.8 Å². The predicted octanol–water partition coefficient (Wildman–Crippen LogP) is 4.63. The first-order valence-corrected chi connectivity index (χ1v) is 11.1. The van der Waals surface area contributed by atoms with Crippen molar-refractivity contribution in [2.45, 2.75) is 19.8 Å². The second-order valence-electron chi connectivity index (χ2n) is 7.64. The van der Waals surface area contributed by atoms with Crippen molar-refractivity contribution in [2.24, 2.45) is 0 Å². The van der Waals surface area contributed by atoms with Gasteiger partial charge in [-0.1, -0.05) is 30.4 Å². The molecule has 0 spiro atoms. The van der Waals surface area contributed by atoms with Gasteiger partial charge in [-0.25, -0.2) is 0 Å². The van der Waals surface area contributed by atoms with E-state index in [9.17, 15) is 14.4 Å². The second-order valence-corrected chi connectivity index (χ2v) is 7.64. The van der Waals surface area contributed by atoms with Gasteiger partial charge in [-0.05, 0) is 60.9 Å². The number of amides is 2. The Morgan fingerprint density at radius 1 is 0.912 bits per heavy atom. The molecule has 1 aliphatic rings. The van der Waals surface area contributed by atoms with Gasteiger partial charge in [-0.2, -0.15) is 0 Å². The van der Waals surface area contributed by atoms with Crippen LogP contribution in [0.4, 0.5) is 0 Å². The molecule has 0 aliphatic carbocycles. The lowest BCUT2D eigenvalue weighted by atomic mass is 10.1. The van der Waals surface area contributed by atoms with Crippen molar-refractivity contribution in [3.63, 3.8) is 0 Å². The third kappa shape index (κ3) is 5.20. The average Bonchev–Trinajstić information content (AvgIpc) is 3.10. The van der Waals surface area contributed by atoms with Gasteiger partial charge in [0.25, 0.3) is 11.8 Å². The molecule has 0 fully saturated rings. The Morgan fingerprint density at radius 2 is 1.59 bits per heavy atom. The number of aromatic nitrogens is 1. The molecule has 2 heterocycles. The van der Waals surface area contributed by atoms with E-state index in [1.165, 1.54) is 4.90 Å². The average molecular weight is 456 g/mol. The fraction of sp³-hybridized carbons (Fsp3) is 0.185. The summed E-state index contributed by atoms with van der Waals surface area (Å²) in [6.07, 6.45) is 7.71. The first-order valence-electron chi connectivity index (χ1n) is 11.1. The van der Waals surface area contributed by atoms with Crippen LogP contribution < -0.4 is 9.47 Å². The smallest absolute Gasteiger partial charge is 0.311 e. The van der Waals surface area contributed by atoms with E-state index >= 15 is 0 Å². The summed E-state index contributed by atoms with van der Waals surface area (Å²) in [5, 5.41) is 0. The van der Waals surface area contributed by atoms with Gasteiger partial charge in [0.05, 0.1) is 17.7 Å². The van der Waals surface area contributed by atoms with Gasteiger partial charge in [0, 0.05) is 25.4 Å². The number of carbonyl (C=O) groups is 3. The Balaban J connectivity index is 1.35. The molecular weight excluding hydrogens is 432 g/mol. The predicted molar refractivity (Wildman–Crippen MR) is 127 cm³/mol. The highest BCUT2D eigenvalue weighted by atomic mass is 16.6. The highest BCUT2D eigenvalue weighted by Gasteiger charge is 2.34. The Labute approximate surface area is 197 Å². The van der Waals surface area contributed by atoms with Crippen LogP contribution in [0.15, 0.2) is 67.0 Å². The van der Waals surface area contributed by atoms with Gasteiger partial charge < -0.3 is 9.47 Å². The molecule has 0 atom stereocenters. The molecular formula is C27H24N2O5. The summed E-state index contributed by atoms with van der Waals surface area (Å²) >= 11 is 0. The molecule has 0 unspecified atom stereocenters. The first kappa shape index (κ1) is 22.9. The number of hydrogen-bond donors (Lipinski definition) is 0. The van der Waals surface area contributed by atoms with E-state index in [2.05, 4.69) is 4.98 Å². The van der Waals surface area contributed by atoms with E-state index in [0.29, 0.717) is 35.7 Å². The molecule has 0 saturated heterocycles. The monoisotopic (exact) mass is 456 g/mol. The number of carbonyl (C=O) groups excluding carboxylic acids is 3. The normalized spacial score (nSPS) is 12.8. The third-order valence-corrected chi connectivity index (χ3v) is 5.31. The molecule has 1 aromatic heterocycles. The van der Waals surface area contributed by atoms with E-state index in [4.69, 9.17) is 9.47 Å². The van der Waals surface area contributed by atoms with E-state index < -0.39 is 5.97 Å². The maximum Gasteiger partial charge on any atom is 0.311 e. The van der Waals surface area contributed by atoms with E-state index in [1.54, 1.807) is 42.7 Å². The highest BCUT2D eigenvalue weighted by Crippen LogP contribution is 2.30. The minimum atomic E-state index is -0.461. The molecule has 0 bridgehead atoms. The molecule has 0 N–H and O–H groups in total. The van der Waals surface area contributed by atoms with Crippen molar-refractivity contribution < 1.29 is 23.9 Å². The summed E-state index contributed by atoms with van der Waals surface area (Å²) in [6.45, 7) is 2.42. The van der Waals surface area contributed by atoms with Crippen LogP contribution in [0.5, 0.6) is 11.5 Å². The van der Waals surface area contributed by atoms with E-state index in [0.717, 1.165) is 11.1 Å². The number of hydrogen-bond acceptors (Lipinski definition) is 6. The lowest BCUT2D eigenvalue weighted by Gasteiger charge is -2.14. The van der Waals surface area contributed by atoms with Crippen molar-refractivity contribution in [3.05, 3.63) is 89.2 Å². The molecule has 7 nitrogen and oxygen atoms in total. The molecule has 172 valence electrons. The molecule has 1 aliphatic heterocycles. The van der Waals surface area contributed by atoms with Crippen molar-refractivity contribution in [1.29, 1.82) is 0 Å². The van der Waals surface area contributed by atoms with Gasteiger partial charge in [-0.3, -0.25) is 24.3 Å². The summed E-state index contributed by atoms with van der Waals surface area (Å²) in [5.74, 6) is -0.328. The zero-order valence-electron chi connectivity index (χ0n) is 18.8. The Hall–Kier alpha value is -4.26. The molecule has 4 rings (SSSR count). The van der Waals surface area contributed by atoms with Gasteiger partial charge in [-0.15, -0.1) is 0 Å². The number of ether oxygens (including phenoxy) is 2. The molecule has 2 amide bonds. The summed E-state index contributed by atoms with van der Waals surface area (Å²) in [5.41, 5.74) is 2.70. The fourth-order valence-electron chi connectivity index (χ4n) is 3.65. The van der Waals surface area contributed by atoms with Crippen LogP contribution in [-0.2, 0) is 4.79 Å². The lowest BCUT2D eigenvalue weighted by Crippen LogP contribution is -2.31. The van der Waals surface area contributed by atoms with Gasteiger partial charge >= 0.3 is 5.97 Å². The minimum absolute atomic E-state index is 0.0582. The van der Waals surface area contributed by atoms with Crippen LogP contribution in [0.25, 0.3) is 12.2 Å². The van der Waals surface area contributed by atoms with Gasteiger partial charge in [0.2, 0.25) is 0 Å². The fourth-order valence-corrected chi connectivity index (χ4v) is 3.65. The number of nitrogens with zero attached hydrogens (tertiary/aromatic N) is 2. The first-order chi connectivity index (χ1) is 16.6. The Kier molecular flexibility index (Phi) is 7.13. The molecule has 0 saturated carbocycles. The third-order valence-electron chi connectivity index (χ3n) is 5.31. The molecule has 7 heteroatoms. The summed E-state index contributed by atoms with van der Waals surface area (Å²) in [4.78, 5) is 42.5. The number of esters is 1. The number of fused-ring (bicyclic) bond motifs is 1. The Morgan fingerprint density at radius 3 is 2.26 bits per heavy atom. The maximum atomic E-state index is 12.4. The lowest BCUT2D eigenvalue weighted by molar-refractivity contribution is -0.134. The van der Waals surface area contributed by atoms with Crippen LogP contribution in [0.1, 0.15) is 51.6 Å². The van der Waals surface area contributed by atoms with E-state index in [-0.39, 0.29) is 24.8 Å². The zero-order chi connectivity index (χ0) is 23.9. The number of imide groups is 1. The number of benzene rings is 2. The van der Waals surface area contributed by atoms with Crippen molar-refractivity contribution in [3.8, 4) is 11.5 Å².